The van der Waals surface area contributed by atoms with Crippen molar-refractivity contribution in [3.8, 4) is 0 Å². The summed E-state index contributed by atoms with van der Waals surface area (Å²) in [7, 11) is 0. The minimum atomic E-state index is -0.733. The van der Waals surface area contributed by atoms with Crippen LogP contribution in [0.3, 0.4) is 0 Å². The molecule has 158 valence electrons. The molecule has 0 fully saturated rings. The van der Waals surface area contributed by atoms with E-state index in [1.165, 1.54) is 0 Å². The van der Waals surface area contributed by atoms with Crippen LogP contribution >= 0.6 is 0 Å². The van der Waals surface area contributed by atoms with E-state index >= 15 is 0 Å². The fraction of sp³-hybridized carbons (Fsp3) is 0.857. The fourth-order valence-corrected chi connectivity index (χ4v) is 3.07. The average molecular weight is 387 g/mol. The topological polar surface area (TPSA) is 101 Å². The zero-order valence-electron chi connectivity index (χ0n) is 16.9. The molecule has 2 N–H and O–H groups in total. The lowest BCUT2D eigenvalue weighted by Gasteiger charge is -2.17. The van der Waals surface area contributed by atoms with Gasteiger partial charge in [0.2, 0.25) is 0 Å². The third-order valence-corrected chi connectivity index (χ3v) is 4.67. The molecule has 0 amide bonds. The SMILES string of the molecule is CCC(=O)OC(CCCCCCCCC(=O)O)CCCCCCCC(=O)O. The molecule has 0 heterocycles. The summed E-state index contributed by atoms with van der Waals surface area (Å²) in [5.74, 6) is -1.60. The van der Waals surface area contributed by atoms with Crippen LogP contribution < -0.4 is 0 Å². The molecule has 0 aromatic rings. The third kappa shape index (κ3) is 19.0. The van der Waals surface area contributed by atoms with Gasteiger partial charge < -0.3 is 14.9 Å². The van der Waals surface area contributed by atoms with Gasteiger partial charge >= 0.3 is 17.9 Å². The highest BCUT2D eigenvalue weighted by atomic mass is 16.5. The van der Waals surface area contributed by atoms with Crippen LogP contribution in [0.25, 0.3) is 0 Å². The number of carboxylic acid groups (broad SMARTS) is 2. The monoisotopic (exact) mass is 386 g/mol. The van der Waals surface area contributed by atoms with Crippen LogP contribution in [0.1, 0.15) is 110 Å². The van der Waals surface area contributed by atoms with Crippen molar-refractivity contribution in [3.05, 3.63) is 0 Å². The number of carboxylic acids is 2. The maximum absolute atomic E-state index is 11.6. The molecule has 0 aromatic heterocycles. The Labute approximate surface area is 163 Å². The first-order chi connectivity index (χ1) is 13.0. The van der Waals surface area contributed by atoms with Crippen molar-refractivity contribution in [1.82, 2.24) is 0 Å². The van der Waals surface area contributed by atoms with Crippen molar-refractivity contribution < 1.29 is 29.3 Å². The average Bonchev–Trinajstić information content (AvgIpc) is 2.61. The van der Waals surface area contributed by atoms with Gasteiger partial charge in [0.05, 0.1) is 0 Å². The number of aliphatic carboxylic acids is 2. The predicted molar refractivity (Wildman–Crippen MR) is 105 cm³/mol. The standard InChI is InChI=1S/C21H38O6/c1-2-21(26)27-18(15-11-7-5-9-13-17-20(24)25)14-10-6-3-4-8-12-16-19(22)23/h18H,2-17H2,1H3,(H,22,23)(H,24,25). The maximum atomic E-state index is 11.6. The third-order valence-electron chi connectivity index (χ3n) is 4.67. The van der Waals surface area contributed by atoms with E-state index in [-0.39, 0.29) is 24.9 Å². The van der Waals surface area contributed by atoms with Gasteiger partial charge in [-0.3, -0.25) is 14.4 Å². The van der Waals surface area contributed by atoms with Gasteiger partial charge in [-0.25, -0.2) is 0 Å². The summed E-state index contributed by atoms with van der Waals surface area (Å²) < 4.78 is 5.55. The zero-order valence-corrected chi connectivity index (χ0v) is 16.9. The number of carbonyl (C=O) groups excluding carboxylic acids is 1. The molecule has 0 saturated heterocycles. The van der Waals surface area contributed by atoms with Crippen LogP contribution in [-0.2, 0) is 19.1 Å². The van der Waals surface area contributed by atoms with E-state index in [1.807, 2.05) is 0 Å². The first-order valence-electron chi connectivity index (χ1n) is 10.6. The van der Waals surface area contributed by atoms with E-state index in [1.54, 1.807) is 6.92 Å². The van der Waals surface area contributed by atoms with Gasteiger partial charge in [0.25, 0.3) is 0 Å². The summed E-state index contributed by atoms with van der Waals surface area (Å²) in [4.78, 5) is 32.5. The number of carbonyl (C=O) groups is 3. The molecule has 0 aliphatic heterocycles. The Bertz CT molecular complexity index is 407. The van der Waals surface area contributed by atoms with Crippen LogP contribution in [0.2, 0.25) is 0 Å². The zero-order chi connectivity index (χ0) is 20.3. The lowest BCUT2D eigenvalue weighted by molar-refractivity contribution is -0.149. The highest BCUT2D eigenvalue weighted by Crippen LogP contribution is 2.17. The smallest absolute Gasteiger partial charge is 0.305 e. The minimum Gasteiger partial charge on any atom is -0.481 e. The maximum Gasteiger partial charge on any atom is 0.305 e. The molecule has 6 heteroatoms. The van der Waals surface area contributed by atoms with Gasteiger partial charge in [-0.1, -0.05) is 51.9 Å². The van der Waals surface area contributed by atoms with Gasteiger partial charge in [0.1, 0.15) is 6.10 Å². The van der Waals surface area contributed by atoms with Crippen LogP contribution in [0.5, 0.6) is 0 Å². The number of hydrogen-bond acceptors (Lipinski definition) is 4. The number of unbranched alkanes of at least 4 members (excludes halogenated alkanes) is 9. The first-order valence-corrected chi connectivity index (χ1v) is 10.6. The van der Waals surface area contributed by atoms with E-state index in [9.17, 15) is 14.4 Å². The van der Waals surface area contributed by atoms with Crippen LogP contribution in [0, 0.1) is 0 Å². The number of ether oxygens (including phenoxy) is 1. The second kappa shape index (κ2) is 17.8. The molecule has 27 heavy (non-hydrogen) atoms. The molecule has 1 atom stereocenters. The molecule has 0 saturated carbocycles. The Hall–Kier alpha value is -1.59. The fourth-order valence-electron chi connectivity index (χ4n) is 3.07. The van der Waals surface area contributed by atoms with Gasteiger partial charge in [0, 0.05) is 19.3 Å². The molecule has 0 aromatic carbocycles. The largest absolute Gasteiger partial charge is 0.481 e. The van der Waals surface area contributed by atoms with Gasteiger partial charge in [-0.05, 0) is 38.5 Å². The summed E-state index contributed by atoms with van der Waals surface area (Å²) in [5, 5.41) is 17.2. The molecule has 0 bridgehead atoms. The van der Waals surface area contributed by atoms with Gasteiger partial charge in [-0.15, -0.1) is 0 Å². The van der Waals surface area contributed by atoms with Crippen molar-refractivity contribution >= 4 is 17.9 Å². The van der Waals surface area contributed by atoms with Crippen LogP contribution in [0.15, 0.2) is 0 Å². The Kier molecular flexibility index (Phi) is 16.8. The predicted octanol–water partition coefficient (Wildman–Crippen LogP) is 5.33. The van der Waals surface area contributed by atoms with Crippen LogP contribution in [0.4, 0.5) is 0 Å². The summed E-state index contributed by atoms with van der Waals surface area (Å²) in [6, 6.07) is 0. The number of hydrogen-bond donors (Lipinski definition) is 2. The van der Waals surface area contributed by atoms with E-state index < -0.39 is 11.9 Å². The van der Waals surface area contributed by atoms with Gasteiger partial charge in [0.15, 0.2) is 0 Å². The molecule has 0 rings (SSSR count). The van der Waals surface area contributed by atoms with Crippen molar-refractivity contribution in [2.45, 2.75) is 116 Å². The van der Waals surface area contributed by atoms with E-state index in [0.717, 1.165) is 83.5 Å². The Morgan fingerprint density at radius 3 is 1.41 bits per heavy atom. The second-order valence-electron chi connectivity index (χ2n) is 7.22. The molecule has 1 unspecified atom stereocenters. The lowest BCUT2D eigenvalue weighted by atomic mass is 10.0. The summed E-state index contributed by atoms with van der Waals surface area (Å²) >= 11 is 0. The molecule has 0 spiro atoms. The highest BCUT2D eigenvalue weighted by Gasteiger charge is 2.13. The molecule has 0 radical (unpaired) electrons. The minimum absolute atomic E-state index is 0.0107. The van der Waals surface area contributed by atoms with Crippen molar-refractivity contribution in [2.75, 3.05) is 0 Å². The number of rotatable bonds is 19. The molecular weight excluding hydrogens is 348 g/mol. The first kappa shape index (κ1) is 25.4. The quantitative estimate of drug-likeness (QED) is 0.230. The highest BCUT2D eigenvalue weighted by molar-refractivity contribution is 5.69. The normalized spacial score (nSPS) is 11.9. The van der Waals surface area contributed by atoms with Crippen LogP contribution in [-0.4, -0.2) is 34.2 Å². The molecule has 0 aliphatic carbocycles. The summed E-state index contributed by atoms with van der Waals surface area (Å²) in [6.45, 7) is 1.80. The van der Waals surface area contributed by atoms with Crippen molar-refractivity contribution in [2.24, 2.45) is 0 Å². The van der Waals surface area contributed by atoms with E-state index in [0.29, 0.717) is 6.42 Å². The van der Waals surface area contributed by atoms with Gasteiger partial charge in [-0.2, -0.15) is 0 Å². The van der Waals surface area contributed by atoms with Crippen molar-refractivity contribution in [1.29, 1.82) is 0 Å². The molecule has 6 nitrogen and oxygen atoms in total. The second-order valence-corrected chi connectivity index (χ2v) is 7.22. The summed E-state index contributed by atoms with van der Waals surface area (Å²) in [5.41, 5.74) is 0. The number of esters is 1. The lowest BCUT2D eigenvalue weighted by Crippen LogP contribution is -2.17. The Morgan fingerprint density at radius 1 is 0.667 bits per heavy atom. The Morgan fingerprint density at radius 2 is 1.04 bits per heavy atom. The van der Waals surface area contributed by atoms with E-state index in [2.05, 4.69) is 0 Å². The summed E-state index contributed by atoms with van der Waals surface area (Å²) in [6.07, 6.45) is 13.4. The van der Waals surface area contributed by atoms with Crippen molar-refractivity contribution in [3.63, 3.8) is 0 Å². The Balaban J connectivity index is 3.79. The molecular formula is C21H38O6. The molecule has 0 aliphatic rings. The van der Waals surface area contributed by atoms with E-state index in [4.69, 9.17) is 14.9 Å².